The molecule has 1 aliphatic carbocycles. The van der Waals surface area contributed by atoms with Crippen molar-refractivity contribution in [2.24, 2.45) is 11.3 Å². The largest absolute Gasteiger partial charge is 0.381 e. The van der Waals surface area contributed by atoms with Crippen LogP contribution in [-0.2, 0) is 16.1 Å². The van der Waals surface area contributed by atoms with Crippen LogP contribution in [0.5, 0.6) is 0 Å². The van der Waals surface area contributed by atoms with Crippen molar-refractivity contribution in [3.8, 4) is 12.3 Å². The van der Waals surface area contributed by atoms with E-state index in [2.05, 4.69) is 37.1 Å². The smallest absolute Gasteiger partial charge is 0.227 e. The van der Waals surface area contributed by atoms with Crippen LogP contribution in [0.1, 0.15) is 30.4 Å². The van der Waals surface area contributed by atoms with Crippen molar-refractivity contribution in [1.82, 2.24) is 4.90 Å². The van der Waals surface area contributed by atoms with Crippen molar-refractivity contribution in [2.75, 3.05) is 19.8 Å². The second-order valence-electron chi connectivity index (χ2n) is 6.62. The van der Waals surface area contributed by atoms with Crippen molar-refractivity contribution >= 4 is 5.91 Å². The van der Waals surface area contributed by atoms with E-state index in [-0.39, 0.29) is 17.2 Å². The van der Waals surface area contributed by atoms with Crippen molar-refractivity contribution in [2.45, 2.75) is 32.7 Å². The van der Waals surface area contributed by atoms with Gasteiger partial charge in [0.05, 0.1) is 6.54 Å². The van der Waals surface area contributed by atoms with Gasteiger partial charge in [0.1, 0.15) is 0 Å². The number of hydrogen-bond donors (Lipinski definition) is 0. The van der Waals surface area contributed by atoms with Gasteiger partial charge in [0, 0.05) is 25.7 Å². The van der Waals surface area contributed by atoms with Crippen LogP contribution < -0.4 is 0 Å². The fraction of sp³-hybridized carbons (Fsp3) is 0.526. The number of benzene rings is 1. The predicted octanol–water partition coefficient (Wildman–Crippen LogP) is 2.77. The molecular formula is C19H23NO2. The summed E-state index contributed by atoms with van der Waals surface area (Å²) in [6, 6.07) is 8.29. The first-order chi connectivity index (χ1) is 10.6. The second-order valence-corrected chi connectivity index (χ2v) is 6.62. The average Bonchev–Trinajstić information content (AvgIpc) is 3.22. The molecule has 1 heterocycles. The van der Waals surface area contributed by atoms with Gasteiger partial charge in [-0.05, 0) is 37.2 Å². The molecule has 0 radical (unpaired) electrons. The van der Waals surface area contributed by atoms with Crippen LogP contribution in [-0.4, -0.2) is 30.6 Å². The maximum absolute atomic E-state index is 12.8. The molecular weight excluding hydrogens is 274 g/mol. The molecule has 2 aliphatic rings. The molecule has 3 nitrogen and oxygen atoms in total. The Morgan fingerprint density at radius 3 is 2.68 bits per heavy atom. The van der Waals surface area contributed by atoms with Crippen LogP contribution in [0.15, 0.2) is 24.3 Å². The zero-order chi connectivity index (χ0) is 15.6. The minimum Gasteiger partial charge on any atom is -0.381 e. The van der Waals surface area contributed by atoms with Gasteiger partial charge in [-0.15, -0.1) is 6.42 Å². The van der Waals surface area contributed by atoms with Gasteiger partial charge in [-0.1, -0.05) is 35.7 Å². The molecule has 2 fully saturated rings. The summed E-state index contributed by atoms with van der Waals surface area (Å²) in [6.45, 7) is 4.63. The Labute approximate surface area is 132 Å². The number of terminal acetylenes is 1. The summed E-state index contributed by atoms with van der Waals surface area (Å²) in [6.07, 6.45) is 8.50. The Balaban J connectivity index is 1.67. The number of carbonyl (C=O) groups excluding carboxylic acids is 1. The number of hydrogen-bond acceptors (Lipinski definition) is 2. The topological polar surface area (TPSA) is 29.5 Å². The van der Waals surface area contributed by atoms with Crippen molar-refractivity contribution < 1.29 is 9.53 Å². The Morgan fingerprint density at radius 2 is 2.05 bits per heavy atom. The molecule has 1 aromatic carbocycles. The van der Waals surface area contributed by atoms with Crippen LogP contribution in [0, 0.1) is 30.6 Å². The Hall–Kier alpha value is -1.79. The third-order valence-corrected chi connectivity index (χ3v) is 5.06. The summed E-state index contributed by atoms with van der Waals surface area (Å²) in [5.41, 5.74) is 2.56. The standard InChI is InChI=1S/C19H23NO2/c1-3-10-20(14-16-6-4-15(2)5-7-16)18(21)17-13-19(17)8-11-22-12-9-19/h1,4-7,17H,8-14H2,2H3/t17-/m1/s1. The third kappa shape index (κ3) is 3.03. The molecule has 1 saturated carbocycles. The Kier molecular flexibility index (Phi) is 4.22. The van der Waals surface area contributed by atoms with Crippen LogP contribution >= 0.6 is 0 Å². The van der Waals surface area contributed by atoms with E-state index in [1.54, 1.807) is 0 Å². The Bertz CT molecular complexity index is 578. The fourth-order valence-corrected chi connectivity index (χ4v) is 3.48. The van der Waals surface area contributed by atoms with Crippen LogP contribution in [0.3, 0.4) is 0 Å². The van der Waals surface area contributed by atoms with Gasteiger partial charge >= 0.3 is 0 Å². The maximum atomic E-state index is 12.8. The molecule has 116 valence electrons. The van der Waals surface area contributed by atoms with Crippen molar-refractivity contribution in [1.29, 1.82) is 0 Å². The number of aryl methyl sites for hydroxylation is 1. The highest BCUT2D eigenvalue weighted by Gasteiger charge is 2.58. The van der Waals surface area contributed by atoms with Gasteiger partial charge in [0.25, 0.3) is 0 Å². The van der Waals surface area contributed by atoms with Gasteiger partial charge in [0.2, 0.25) is 5.91 Å². The second kappa shape index (κ2) is 6.14. The summed E-state index contributed by atoms with van der Waals surface area (Å²) >= 11 is 0. The third-order valence-electron chi connectivity index (χ3n) is 5.06. The van der Waals surface area contributed by atoms with E-state index in [4.69, 9.17) is 11.2 Å². The van der Waals surface area contributed by atoms with Gasteiger partial charge < -0.3 is 9.64 Å². The molecule has 1 aromatic rings. The fourth-order valence-electron chi connectivity index (χ4n) is 3.48. The lowest BCUT2D eigenvalue weighted by Crippen LogP contribution is -2.34. The zero-order valence-corrected chi connectivity index (χ0v) is 13.2. The molecule has 0 aromatic heterocycles. The van der Waals surface area contributed by atoms with E-state index in [1.165, 1.54) is 5.56 Å². The van der Waals surface area contributed by atoms with Gasteiger partial charge in [0.15, 0.2) is 0 Å². The highest BCUT2D eigenvalue weighted by atomic mass is 16.5. The summed E-state index contributed by atoms with van der Waals surface area (Å²) in [5.74, 6) is 3.01. The van der Waals surface area contributed by atoms with E-state index < -0.39 is 0 Å². The van der Waals surface area contributed by atoms with E-state index in [9.17, 15) is 4.79 Å². The number of nitrogens with zero attached hydrogens (tertiary/aromatic N) is 1. The van der Waals surface area contributed by atoms with E-state index in [1.807, 2.05) is 4.90 Å². The van der Waals surface area contributed by atoms with Gasteiger partial charge in [-0.25, -0.2) is 0 Å². The van der Waals surface area contributed by atoms with Crippen LogP contribution in [0.4, 0.5) is 0 Å². The highest BCUT2D eigenvalue weighted by Crippen LogP contribution is 2.59. The van der Waals surface area contributed by atoms with Crippen LogP contribution in [0.25, 0.3) is 0 Å². The SMILES string of the molecule is C#CCN(Cc1ccc(C)cc1)C(=O)[C@H]1CC12CCOCC2. The van der Waals surface area contributed by atoms with Crippen molar-refractivity contribution in [3.05, 3.63) is 35.4 Å². The van der Waals surface area contributed by atoms with Gasteiger partial charge in [-0.3, -0.25) is 4.79 Å². The van der Waals surface area contributed by atoms with E-state index in [0.29, 0.717) is 13.1 Å². The number of rotatable bonds is 4. The highest BCUT2D eigenvalue weighted by molar-refractivity contribution is 5.83. The molecule has 22 heavy (non-hydrogen) atoms. The molecule has 0 unspecified atom stereocenters. The monoisotopic (exact) mass is 297 g/mol. The lowest BCUT2D eigenvalue weighted by molar-refractivity contribution is -0.134. The first-order valence-electron chi connectivity index (χ1n) is 8.00. The minimum atomic E-state index is 0.148. The summed E-state index contributed by atoms with van der Waals surface area (Å²) in [7, 11) is 0. The number of ether oxygens (including phenoxy) is 1. The average molecular weight is 297 g/mol. The molecule has 1 spiro atoms. The molecule has 3 heteroatoms. The molecule has 1 saturated heterocycles. The lowest BCUT2D eigenvalue weighted by Gasteiger charge is -2.26. The summed E-state index contributed by atoms with van der Waals surface area (Å²) in [5, 5.41) is 0. The molecule has 3 rings (SSSR count). The summed E-state index contributed by atoms with van der Waals surface area (Å²) in [4.78, 5) is 14.7. The molecule has 0 N–H and O–H groups in total. The molecule has 1 atom stereocenters. The Morgan fingerprint density at radius 1 is 1.36 bits per heavy atom. The maximum Gasteiger partial charge on any atom is 0.227 e. The van der Waals surface area contributed by atoms with E-state index in [0.717, 1.165) is 38.0 Å². The number of carbonyl (C=O) groups is 1. The van der Waals surface area contributed by atoms with E-state index >= 15 is 0 Å². The zero-order valence-electron chi connectivity index (χ0n) is 13.2. The molecule has 1 amide bonds. The molecule has 1 aliphatic heterocycles. The normalized spacial score (nSPS) is 22.1. The summed E-state index contributed by atoms with van der Waals surface area (Å²) < 4.78 is 5.43. The lowest BCUT2D eigenvalue weighted by atomic mass is 9.93. The minimum absolute atomic E-state index is 0.148. The van der Waals surface area contributed by atoms with Crippen LogP contribution in [0.2, 0.25) is 0 Å². The quantitative estimate of drug-likeness (QED) is 0.800. The number of amides is 1. The first-order valence-corrected chi connectivity index (χ1v) is 8.00. The molecule has 0 bridgehead atoms. The van der Waals surface area contributed by atoms with Crippen molar-refractivity contribution in [3.63, 3.8) is 0 Å². The predicted molar refractivity (Wildman–Crippen MR) is 86.0 cm³/mol. The first kappa shape index (κ1) is 15.1. The van der Waals surface area contributed by atoms with Gasteiger partial charge in [-0.2, -0.15) is 0 Å².